The van der Waals surface area contributed by atoms with Crippen LogP contribution < -0.4 is 20.3 Å². The molecular weight excluding hydrogens is 716 g/mol. The van der Waals surface area contributed by atoms with Crippen molar-refractivity contribution in [2.24, 2.45) is 0 Å². The number of thioether (sulfide) groups is 1. The number of ether oxygens (including phenoxy) is 1. The van der Waals surface area contributed by atoms with E-state index in [1.165, 1.54) is 0 Å². The molecule has 1 aliphatic carbocycles. The van der Waals surface area contributed by atoms with Crippen molar-refractivity contribution < 1.29 is 28.7 Å². The number of piperidine rings is 1. The quantitative estimate of drug-likeness (QED) is 0.160. The fraction of sp³-hybridized carbons (Fsp3) is 0.385. The Morgan fingerprint density at radius 3 is 2.34 bits per heavy atom. The van der Waals surface area contributed by atoms with Crippen molar-refractivity contribution >= 4 is 64.3 Å². The summed E-state index contributed by atoms with van der Waals surface area (Å²) in [5.74, 6) is -0.612. The Morgan fingerprint density at radius 1 is 0.906 bits per heavy atom. The number of carbonyl (C=O) groups is 5. The van der Waals surface area contributed by atoms with Crippen LogP contribution in [0.5, 0.6) is 5.75 Å². The van der Waals surface area contributed by atoms with Gasteiger partial charge in [0.25, 0.3) is 17.7 Å². The van der Waals surface area contributed by atoms with E-state index in [4.69, 9.17) is 22.9 Å². The topological polar surface area (TPSA) is 133 Å². The van der Waals surface area contributed by atoms with Crippen LogP contribution in [0, 0.1) is 6.57 Å². The number of hydrogen-bond acceptors (Lipinski definition) is 9. The Kier molecular flexibility index (Phi) is 11.0. The number of benzene rings is 3. The summed E-state index contributed by atoms with van der Waals surface area (Å²) < 4.78 is 6.09. The summed E-state index contributed by atoms with van der Waals surface area (Å²) in [6.07, 6.45) is 3.55. The molecule has 3 aromatic carbocycles. The molecule has 7 rings (SSSR count). The van der Waals surface area contributed by atoms with Crippen molar-refractivity contribution in [1.82, 2.24) is 20.4 Å². The van der Waals surface area contributed by atoms with Crippen LogP contribution in [0.1, 0.15) is 69.6 Å². The van der Waals surface area contributed by atoms with Gasteiger partial charge in [0.05, 0.1) is 28.8 Å². The number of rotatable bonds is 10. The summed E-state index contributed by atoms with van der Waals surface area (Å²) in [6.45, 7) is 11.5. The van der Waals surface area contributed by atoms with Gasteiger partial charge in [-0.3, -0.25) is 39.1 Å². The van der Waals surface area contributed by atoms with Crippen LogP contribution in [0.3, 0.4) is 0 Å². The predicted octanol–water partition coefficient (Wildman–Crippen LogP) is 5.33. The Balaban J connectivity index is 0.822. The van der Waals surface area contributed by atoms with E-state index in [2.05, 4.69) is 25.3 Å². The molecule has 0 aromatic heterocycles. The lowest BCUT2D eigenvalue weighted by atomic mass is 9.92. The first-order valence-electron chi connectivity index (χ1n) is 17.9. The van der Waals surface area contributed by atoms with E-state index in [9.17, 15) is 24.0 Å². The Morgan fingerprint density at radius 2 is 1.64 bits per heavy atom. The third-order valence-corrected chi connectivity index (χ3v) is 11.6. The smallest absolute Gasteiger partial charge is 0.262 e. The maximum absolute atomic E-state index is 13.2. The van der Waals surface area contributed by atoms with Crippen molar-refractivity contribution in [2.45, 2.75) is 61.6 Å². The van der Waals surface area contributed by atoms with E-state index in [-0.39, 0.29) is 36.5 Å². The highest BCUT2D eigenvalue weighted by Gasteiger charge is 2.44. The fourth-order valence-electron chi connectivity index (χ4n) is 7.32. The van der Waals surface area contributed by atoms with Crippen LogP contribution in [0.2, 0.25) is 5.02 Å². The number of fused-ring (bicyclic) bond motifs is 1. The molecule has 274 valence electrons. The van der Waals surface area contributed by atoms with E-state index in [1.54, 1.807) is 42.1 Å². The summed E-state index contributed by atoms with van der Waals surface area (Å²) in [5.41, 5.74) is 2.71. The van der Waals surface area contributed by atoms with E-state index < -0.39 is 29.7 Å². The highest BCUT2D eigenvalue weighted by Crippen LogP contribution is 2.33. The van der Waals surface area contributed by atoms with Gasteiger partial charge in [-0.2, -0.15) is 0 Å². The monoisotopic (exact) mass is 754 g/mol. The second-order valence-corrected chi connectivity index (χ2v) is 15.2. The Labute approximate surface area is 317 Å². The number of nitrogens with one attached hydrogen (secondary N) is 2. The lowest BCUT2D eigenvalue weighted by molar-refractivity contribution is -0.136. The number of anilines is 1. The summed E-state index contributed by atoms with van der Waals surface area (Å²) in [5, 5.41) is 5.79. The first-order chi connectivity index (χ1) is 25.7. The molecular formula is C39H39ClN6O6S. The molecule has 0 radical (unpaired) electrons. The van der Waals surface area contributed by atoms with Crippen LogP contribution in [0.25, 0.3) is 4.85 Å². The van der Waals surface area contributed by atoms with E-state index >= 15 is 0 Å². The van der Waals surface area contributed by atoms with Gasteiger partial charge in [0.15, 0.2) is 0 Å². The number of nitrogens with zero attached hydrogens (tertiary/aromatic N) is 4. The van der Waals surface area contributed by atoms with Gasteiger partial charge in [-0.15, -0.1) is 11.8 Å². The molecule has 4 aliphatic rings. The number of carbonyl (C=O) groups excluding carboxylic acids is 5. The van der Waals surface area contributed by atoms with Crippen molar-refractivity contribution in [1.29, 1.82) is 0 Å². The third-order valence-electron chi connectivity index (χ3n) is 10.3. The van der Waals surface area contributed by atoms with Crippen LogP contribution in [-0.4, -0.2) is 96.0 Å². The minimum absolute atomic E-state index is 0.0443. The van der Waals surface area contributed by atoms with Crippen molar-refractivity contribution in [2.75, 3.05) is 43.4 Å². The van der Waals surface area contributed by atoms with Gasteiger partial charge >= 0.3 is 0 Å². The zero-order valence-corrected chi connectivity index (χ0v) is 30.6. The summed E-state index contributed by atoms with van der Waals surface area (Å²) in [4.78, 5) is 73.0. The van der Waals surface area contributed by atoms with Gasteiger partial charge in [-0.25, -0.2) is 4.85 Å². The molecule has 5 amide bonds. The minimum Gasteiger partial charge on any atom is -0.490 e. The molecule has 3 heterocycles. The molecule has 1 saturated carbocycles. The summed E-state index contributed by atoms with van der Waals surface area (Å²) in [7, 11) is 0. The lowest BCUT2D eigenvalue weighted by Gasteiger charge is -2.36. The van der Waals surface area contributed by atoms with Crippen molar-refractivity contribution in [3.63, 3.8) is 0 Å². The average Bonchev–Trinajstić information content (AvgIpc) is 3.41. The third kappa shape index (κ3) is 8.20. The molecule has 2 N–H and O–H groups in total. The predicted molar refractivity (Wildman–Crippen MR) is 201 cm³/mol. The molecule has 53 heavy (non-hydrogen) atoms. The fourth-order valence-corrected chi connectivity index (χ4v) is 8.49. The Bertz CT molecular complexity index is 1970. The molecule has 1 atom stereocenters. The van der Waals surface area contributed by atoms with Crippen molar-refractivity contribution in [3.8, 4) is 5.75 Å². The van der Waals surface area contributed by atoms with E-state index in [0.29, 0.717) is 27.6 Å². The number of piperazine rings is 1. The van der Waals surface area contributed by atoms with Crippen LogP contribution in [-0.2, 0) is 9.59 Å². The molecule has 12 nitrogen and oxygen atoms in total. The lowest BCUT2D eigenvalue weighted by Crippen LogP contribution is -2.54. The first kappa shape index (κ1) is 36.5. The second kappa shape index (κ2) is 16.0. The molecule has 3 aromatic rings. The normalized spacial score (nSPS) is 21.9. The number of amides is 5. The minimum atomic E-state index is -0.972. The van der Waals surface area contributed by atoms with Crippen LogP contribution in [0.15, 0.2) is 65.6 Å². The maximum Gasteiger partial charge on any atom is 0.262 e. The van der Waals surface area contributed by atoms with Gasteiger partial charge < -0.3 is 15.0 Å². The average molecular weight is 755 g/mol. The first-order valence-corrected chi connectivity index (χ1v) is 19.2. The standard InChI is InChI=1S/C39H39ClN6O6S/c1-41-33-13-10-28(22-32(33)40)52-27-8-4-25(5-9-27)42-36(48)24-2-6-26(7-3-24)45-18-16-44(17-19-45)20-21-53-29-11-12-30-31(23-29)39(51)46(38(30)50)34-14-15-35(47)43-37(34)49/h2-3,6-7,10-13,22-23,25,27,34H,4-5,8-9,14-21H2,(H,42,48)(H,43,47,49). The van der Waals surface area contributed by atoms with Gasteiger partial charge in [0, 0.05) is 67.1 Å². The zero-order chi connectivity index (χ0) is 37.1. The molecule has 3 fully saturated rings. The van der Waals surface area contributed by atoms with Gasteiger partial charge in [0.2, 0.25) is 17.5 Å². The second-order valence-electron chi connectivity index (χ2n) is 13.7. The zero-order valence-electron chi connectivity index (χ0n) is 29.0. The highest BCUT2D eigenvalue weighted by atomic mass is 35.5. The number of hydrogen-bond donors (Lipinski definition) is 2. The van der Waals surface area contributed by atoms with Crippen LogP contribution in [0.4, 0.5) is 11.4 Å². The summed E-state index contributed by atoms with van der Waals surface area (Å²) >= 11 is 7.77. The largest absolute Gasteiger partial charge is 0.490 e. The van der Waals surface area contributed by atoms with E-state index in [0.717, 1.165) is 79.6 Å². The maximum atomic E-state index is 13.2. The molecule has 0 spiro atoms. The summed E-state index contributed by atoms with van der Waals surface area (Å²) in [6, 6.07) is 17.3. The van der Waals surface area contributed by atoms with Crippen LogP contribution >= 0.6 is 23.4 Å². The van der Waals surface area contributed by atoms with Gasteiger partial charge in [-0.05, 0) is 86.7 Å². The van der Waals surface area contributed by atoms with Crippen molar-refractivity contribution in [3.05, 3.63) is 93.8 Å². The van der Waals surface area contributed by atoms with E-state index in [1.807, 2.05) is 30.3 Å². The van der Waals surface area contributed by atoms with Gasteiger partial charge in [-0.1, -0.05) is 17.7 Å². The molecule has 0 bridgehead atoms. The number of imide groups is 2. The SMILES string of the molecule is [C-]#[N+]c1ccc(OC2CCC(NC(=O)c3ccc(N4CCN(CCSc5ccc6c(c5)C(=O)N(C5CCC(=O)NC5=O)C6=O)CC4)cc3)CC2)cc1Cl. The molecule has 14 heteroatoms. The molecule has 3 aliphatic heterocycles. The highest BCUT2D eigenvalue weighted by molar-refractivity contribution is 7.99. The van der Waals surface area contributed by atoms with Gasteiger partial charge in [0.1, 0.15) is 11.8 Å². The molecule has 1 unspecified atom stereocenters. The Hall–Kier alpha value is -4.90. The molecule has 2 saturated heterocycles. The number of halogens is 1.